The Morgan fingerprint density at radius 3 is 2.92 bits per heavy atom. The molecule has 0 unspecified atom stereocenters. The summed E-state index contributed by atoms with van der Waals surface area (Å²) >= 11 is 0. The van der Waals surface area contributed by atoms with E-state index in [-0.39, 0.29) is 0 Å². The molecule has 1 aromatic heterocycles. The molecule has 2 rings (SSSR count). The summed E-state index contributed by atoms with van der Waals surface area (Å²) in [5.41, 5.74) is 1.00. The quantitative estimate of drug-likeness (QED) is 0.696. The Bertz CT molecular complexity index is 377. The van der Waals surface area contributed by atoms with Crippen LogP contribution in [0.1, 0.15) is 0 Å². The van der Waals surface area contributed by atoms with Crippen molar-refractivity contribution in [2.75, 3.05) is 7.11 Å². The smallest absolute Gasteiger partial charge is 0.170 e. The van der Waals surface area contributed by atoms with Crippen LogP contribution in [0.5, 0.6) is 5.75 Å². The number of rotatable bonds is 2. The minimum Gasteiger partial charge on any atom is -0.497 e. The first-order chi connectivity index (χ1) is 6.40. The molecule has 1 aromatic carbocycles. The number of furan rings is 1. The zero-order valence-electron chi connectivity index (χ0n) is 7.28. The number of benzene rings is 1. The molecule has 0 aliphatic carbocycles. The monoisotopic (exact) mass is 173 g/mol. The fourth-order valence-corrected chi connectivity index (χ4v) is 1.17. The molecule has 65 valence electrons. The topological polar surface area (TPSA) is 22.4 Å². The molecule has 13 heavy (non-hydrogen) atoms. The Balaban J connectivity index is 2.41. The molecule has 2 nitrogen and oxygen atoms in total. The van der Waals surface area contributed by atoms with Crippen LogP contribution in [0.3, 0.4) is 0 Å². The molecule has 0 amide bonds. The van der Waals surface area contributed by atoms with Crippen molar-refractivity contribution >= 4 is 0 Å². The molecular formula is C11H9O2. The lowest BCUT2D eigenvalue weighted by Gasteiger charge is -2.00. The molecule has 0 aliphatic rings. The van der Waals surface area contributed by atoms with Crippen molar-refractivity contribution in [1.29, 1.82) is 0 Å². The van der Waals surface area contributed by atoms with E-state index in [0.717, 1.165) is 17.1 Å². The molecule has 0 spiro atoms. The molecule has 1 heterocycles. The van der Waals surface area contributed by atoms with Crippen molar-refractivity contribution in [3.05, 3.63) is 42.7 Å². The van der Waals surface area contributed by atoms with Crippen molar-refractivity contribution in [3.8, 4) is 17.1 Å². The van der Waals surface area contributed by atoms with E-state index in [1.54, 1.807) is 13.2 Å². The van der Waals surface area contributed by atoms with Gasteiger partial charge in [0, 0.05) is 5.56 Å². The van der Waals surface area contributed by atoms with Gasteiger partial charge in [0.2, 0.25) is 0 Å². The van der Waals surface area contributed by atoms with E-state index < -0.39 is 0 Å². The van der Waals surface area contributed by atoms with Crippen molar-refractivity contribution in [2.45, 2.75) is 0 Å². The maximum atomic E-state index is 5.14. The van der Waals surface area contributed by atoms with E-state index in [4.69, 9.17) is 9.15 Å². The highest BCUT2D eigenvalue weighted by Gasteiger charge is 2.00. The molecule has 1 radical (unpaired) electrons. The van der Waals surface area contributed by atoms with E-state index in [1.165, 1.54) is 0 Å². The Hall–Kier alpha value is -1.70. The maximum Gasteiger partial charge on any atom is 0.170 e. The molecule has 0 saturated heterocycles. The SMILES string of the molecule is COc1cccc(-c2cc[c]o2)c1. The normalized spacial score (nSPS) is 9.92. The number of hydrogen-bond acceptors (Lipinski definition) is 2. The van der Waals surface area contributed by atoms with Gasteiger partial charge in [-0.3, -0.25) is 0 Å². The fourth-order valence-electron chi connectivity index (χ4n) is 1.17. The van der Waals surface area contributed by atoms with Crippen LogP contribution in [0.4, 0.5) is 0 Å². The first-order valence-electron chi connectivity index (χ1n) is 4.00. The first kappa shape index (κ1) is 7.92. The van der Waals surface area contributed by atoms with Crippen molar-refractivity contribution in [2.24, 2.45) is 0 Å². The lowest BCUT2D eigenvalue weighted by atomic mass is 10.2. The van der Waals surface area contributed by atoms with Crippen molar-refractivity contribution in [3.63, 3.8) is 0 Å². The van der Waals surface area contributed by atoms with Gasteiger partial charge in [-0.15, -0.1) is 0 Å². The Labute approximate surface area is 76.8 Å². The summed E-state index contributed by atoms with van der Waals surface area (Å²) in [4.78, 5) is 0. The number of methoxy groups -OCH3 is 1. The minimum atomic E-state index is 0.805. The average Bonchev–Trinajstić information content (AvgIpc) is 2.71. The third-order valence-electron chi connectivity index (χ3n) is 1.83. The zero-order chi connectivity index (χ0) is 9.10. The van der Waals surface area contributed by atoms with E-state index in [9.17, 15) is 0 Å². The summed E-state index contributed by atoms with van der Waals surface area (Å²) < 4.78 is 10.2. The molecule has 0 atom stereocenters. The predicted octanol–water partition coefficient (Wildman–Crippen LogP) is 2.76. The lowest BCUT2D eigenvalue weighted by molar-refractivity contribution is 0.415. The van der Waals surface area contributed by atoms with Gasteiger partial charge in [0.25, 0.3) is 0 Å². The van der Waals surface area contributed by atoms with Crippen molar-refractivity contribution < 1.29 is 9.15 Å². The Morgan fingerprint density at radius 1 is 1.31 bits per heavy atom. The second-order valence-corrected chi connectivity index (χ2v) is 2.65. The highest BCUT2D eigenvalue weighted by molar-refractivity contribution is 5.59. The van der Waals surface area contributed by atoms with E-state index in [2.05, 4.69) is 6.26 Å². The van der Waals surface area contributed by atoms with Crippen LogP contribution in [0.25, 0.3) is 11.3 Å². The van der Waals surface area contributed by atoms with Crippen LogP contribution in [0.2, 0.25) is 0 Å². The van der Waals surface area contributed by atoms with Crippen LogP contribution < -0.4 is 4.74 Å². The van der Waals surface area contributed by atoms with Gasteiger partial charge in [-0.25, -0.2) is 0 Å². The summed E-state index contributed by atoms with van der Waals surface area (Å²) in [7, 11) is 1.65. The maximum absolute atomic E-state index is 5.14. The summed E-state index contributed by atoms with van der Waals surface area (Å²) in [6.45, 7) is 0. The summed E-state index contributed by atoms with van der Waals surface area (Å²) in [6.07, 6.45) is 2.65. The summed E-state index contributed by atoms with van der Waals surface area (Å²) in [5, 5.41) is 0. The van der Waals surface area contributed by atoms with E-state index in [1.807, 2.05) is 30.3 Å². The molecule has 0 saturated carbocycles. The van der Waals surface area contributed by atoms with Gasteiger partial charge < -0.3 is 9.15 Å². The Kier molecular flexibility index (Phi) is 2.04. The fraction of sp³-hybridized carbons (Fsp3) is 0.0909. The predicted molar refractivity (Wildman–Crippen MR) is 49.5 cm³/mol. The lowest BCUT2D eigenvalue weighted by Crippen LogP contribution is -1.82. The third-order valence-corrected chi connectivity index (χ3v) is 1.83. The van der Waals surface area contributed by atoms with Gasteiger partial charge in [0.1, 0.15) is 11.5 Å². The molecule has 2 aromatic rings. The van der Waals surface area contributed by atoms with Crippen LogP contribution in [-0.2, 0) is 0 Å². The highest BCUT2D eigenvalue weighted by atomic mass is 16.5. The molecule has 2 heteroatoms. The first-order valence-corrected chi connectivity index (χ1v) is 4.00. The van der Waals surface area contributed by atoms with Crippen LogP contribution in [0.15, 0.2) is 40.8 Å². The molecular weight excluding hydrogens is 164 g/mol. The standard InChI is InChI=1S/C11H9O2/c1-12-10-5-2-4-9(8-10)11-6-3-7-13-11/h2-6,8H,1H3. The molecule has 0 aliphatic heterocycles. The van der Waals surface area contributed by atoms with Crippen LogP contribution in [-0.4, -0.2) is 7.11 Å². The summed E-state index contributed by atoms with van der Waals surface area (Å²) in [6, 6.07) is 11.3. The van der Waals surface area contributed by atoms with Crippen LogP contribution in [0, 0.1) is 6.26 Å². The largest absolute Gasteiger partial charge is 0.497 e. The van der Waals surface area contributed by atoms with Gasteiger partial charge in [0.15, 0.2) is 6.26 Å². The molecule has 0 bridgehead atoms. The number of hydrogen-bond donors (Lipinski definition) is 0. The van der Waals surface area contributed by atoms with Gasteiger partial charge in [-0.05, 0) is 24.3 Å². The second-order valence-electron chi connectivity index (χ2n) is 2.65. The average molecular weight is 173 g/mol. The highest BCUT2D eigenvalue weighted by Crippen LogP contribution is 2.23. The molecule has 0 fully saturated rings. The zero-order valence-corrected chi connectivity index (χ0v) is 7.28. The Morgan fingerprint density at radius 2 is 2.23 bits per heavy atom. The van der Waals surface area contributed by atoms with E-state index >= 15 is 0 Å². The summed E-state index contributed by atoms with van der Waals surface area (Å²) in [5.74, 6) is 1.63. The van der Waals surface area contributed by atoms with Crippen LogP contribution >= 0.6 is 0 Å². The second kappa shape index (κ2) is 3.35. The minimum absolute atomic E-state index is 0.805. The van der Waals surface area contributed by atoms with Crippen molar-refractivity contribution in [1.82, 2.24) is 0 Å². The van der Waals surface area contributed by atoms with Gasteiger partial charge in [0.05, 0.1) is 7.11 Å². The van der Waals surface area contributed by atoms with E-state index in [0.29, 0.717) is 0 Å². The number of ether oxygens (including phenoxy) is 1. The van der Waals surface area contributed by atoms with Gasteiger partial charge >= 0.3 is 0 Å². The van der Waals surface area contributed by atoms with Gasteiger partial charge in [-0.2, -0.15) is 0 Å². The third kappa shape index (κ3) is 1.56. The van der Waals surface area contributed by atoms with Gasteiger partial charge in [-0.1, -0.05) is 12.1 Å². The molecule has 0 N–H and O–H groups in total.